The van der Waals surface area contributed by atoms with Crippen molar-refractivity contribution in [1.29, 1.82) is 5.26 Å². The van der Waals surface area contributed by atoms with Gasteiger partial charge in [0.2, 0.25) is 0 Å². The van der Waals surface area contributed by atoms with Crippen LogP contribution in [0.2, 0.25) is 0 Å². The standard InChI is InChI=1S/C23H16FN3O/c24-19-11-9-16(10-12-19)15-28-22-8-4-1-5-17(22)13-18(14-25)23-26-20-6-2-3-7-21(20)27-23/h1-13H,15H2,(H,26,27)/b18-13+. The number of nitriles is 1. The quantitative estimate of drug-likeness (QED) is 0.483. The molecule has 4 nitrogen and oxygen atoms in total. The highest BCUT2D eigenvalue weighted by Crippen LogP contribution is 2.25. The lowest BCUT2D eigenvalue weighted by Gasteiger charge is -2.09. The highest BCUT2D eigenvalue weighted by molar-refractivity contribution is 5.91. The zero-order valence-electron chi connectivity index (χ0n) is 14.9. The summed E-state index contributed by atoms with van der Waals surface area (Å²) < 4.78 is 18.9. The zero-order valence-corrected chi connectivity index (χ0v) is 14.9. The monoisotopic (exact) mass is 369 g/mol. The number of para-hydroxylation sites is 3. The van der Waals surface area contributed by atoms with E-state index in [1.54, 1.807) is 18.2 Å². The molecule has 4 rings (SSSR count). The fraction of sp³-hybridized carbons (Fsp3) is 0.0435. The summed E-state index contributed by atoms with van der Waals surface area (Å²) in [6.07, 6.45) is 1.75. The average molecular weight is 369 g/mol. The van der Waals surface area contributed by atoms with Gasteiger partial charge in [0.1, 0.15) is 30.1 Å². The van der Waals surface area contributed by atoms with Gasteiger partial charge in [-0.25, -0.2) is 9.37 Å². The summed E-state index contributed by atoms with van der Waals surface area (Å²) in [7, 11) is 0. The normalized spacial score (nSPS) is 11.4. The van der Waals surface area contributed by atoms with Crippen LogP contribution in [0.25, 0.3) is 22.7 Å². The molecule has 0 aliphatic carbocycles. The first-order chi connectivity index (χ1) is 13.7. The summed E-state index contributed by atoms with van der Waals surface area (Å²) in [5, 5.41) is 9.64. The van der Waals surface area contributed by atoms with E-state index in [0.717, 1.165) is 22.2 Å². The molecular formula is C23H16FN3O. The maximum Gasteiger partial charge on any atom is 0.149 e. The largest absolute Gasteiger partial charge is 0.488 e. The fourth-order valence-corrected chi connectivity index (χ4v) is 2.86. The van der Waals surface area contributed by atoms with Crippen LogP contribution in [0.5, 0.6) is 5.75 Å². The lowest BCUT2D eigenvalue weighted by Crippen LogP contribution is -1.97. The van der Waals surface area contributed by atoms with E-state index in [1.807, 2.05) is 48.5 Å². The minimum atomic E-state index is -0.281. The van der Waals surface area contributed by atoms with Crippen molar-refractivity contribution in [3.63, 3.8) is 0 Å². The molecule has 5 heteroatoms. The third-order valence-electron chi connectivity index (χ3n) is 4.29. The number of H-pyrrole nitrogens is 1. The Morgan fingerprint density at radius 2 is 1.79 bits per heavy atom. The van der Waals surface area contributed by atoms with Crippen LogP contribution in [0.1, 0.15) is 17.0 Å². The van der Waals surface area contributed by atoms with E-state index in [9.17, 15) is 9.65 Å². The molecule has 0 radical (unpaired) electrons. The lowest BCUT2D eigenvalue weighted by atomic mass is 10.1. The van der Waals surface area contributed by atoms with E-state index >= 15 is 0 Å². The second-order valence-corrected chi connectivity index (χ2v) is 6.23. The van der Waals surface area contributed by atoms with Crippen LogP contribution in [-0.4, -0.2) is 9.97 Å². The van der Waals surface area contributed by atoms with Crippen LogP contribution < -0.4 is 4.74 Å². The summed E-state index contributed by atoms with van der Waals surface area (Å²) in [6, 6.07) is 23.5. The van der Waals surface area contributed by atoms with Crippen LogP contribution in [0, 0.1) is 17.1 Å². The summed E-state index contributed by atoms with van der Waals surface area (Å²) in [6.45, 7) is 0.303. The molecule has 136 valence electrons. The number of aromatic nitrogens is 2. The van der Waals surface area contributed by atoms with Crippen molar-refractivity contribution in [2.24, 2.45) is 0 Å². The number of nitrogens with zero attached hydrogens (tertiary/aromatic N) is 2. The van der Waals surface area contributed by atoms with Crippen LogP contribution in [0.15, 0.2) is 72.8 Å². The number of imidazole rings is 1. The Hall–Kier alpha value is -3.91. The van der Waals surface area contributed by atoms with Gasteiger partial charge in [0.05, 0.1) is 16.6 Å². The van der Waals surface area contributed by atoms with E-state index in [-0.39, 0.29) is 5.82 Å². The fourth-order valence-electron chi connectivity index (χ4n) is 2.86. The summed E-state index contributed by atoms with van der Waals surface area (Å²) >= 11 is 0. The van der Waals surface area contributed by atoms with Crippen molar-refractivity contribution < 1.29 is 9.13 Å². The van der Waals surface area contributed by atoms with E-state index in [4.69, 9.17) is 4.74 Å². The van der Waals surface area contributed by atoms with Gasteiger partial charge in [-0.1, -0.05) is 42.5 Å². The number of nitrogens with one attached hydrogen (secondary N) is 1. The summed E-state index contributed by atoms with van der Waals surface area (Å²) in [5.41, 5.74) is 3.72. The molecule has 1 N–H and O–H groups in total. The van der Waals surface area contributed by atoms with Gasteiger partial charge >= 0.3 is 0 Å². The Bertz CT molecular complexity index is 1150. The number of rotatable bonds is 5. The van der Waals surface area contributed by atoms with Gasteiger partial charge in [0.25, 0.3) is 0 Å². The molecule has 0 aliphatic heterocycles. The first-order valence-corrected chi connectivity index (χ1v) is 8.76. The first kappa shape index (κ1) is 17.5. The Kier molecular flexibility index (Phi) is 4.85. The SMILES string of the molecule is N#C/C(=C\c1ccccc1OCc1ccc(F)cc1)c1nc2ccccc2[nH]1. The molecule has 0 amide bonds. The smallest absolute Gasteiger partial charge is 0.149 e. The maximum absolute atomic E-state index is 13.0. The summed E-state index contributed by atoms with van der Waals surface area (Å²) in [4.78, 5) is 7.66. The number of ether oxygens (including phenoxy) is 1. The van der Waals surface area contributed by atoms with Crippen molar-refractivity contribution in [2.75, 3.05) is 0 Å². The predicted octanol–water partition coefficient (Wildman–Crippen LogP) is 5.35. The molecule has 3 aromatic carbocycles. The molecule has 0 saturated carbocycles. The molecular weight excluding hydrogens is 353 g/mol. The highest BCUT2D eigenvalue weighted by atomic mass is 19.1. The molecule has 0 bridgehead atoms. The number of allylic oxidation sites excluding steroid dienone is 1. The van der Waals surface area contributed by atoms with Gasteiger partial charge in [-0.05, 0) is 42.0 Å². The van der Waals surface area contributed by atoms with Crippen LogP contribution in [0.4, 0.5) is 4.39 Å². The van der Waals surface area contributed by atoms with E-state index in [2.05, 4.69) is 16.0 Å². The van der Waals surface area contributed by atoms with Gasteiger partial charge in [-0.15, -0.1) is 0 Å². The van der Waals surface area contributed by atoms with Crippen LogP contribution in [-0.2, 0) is 6.61 Å². The number of benzene rings is 3. The molecule has 0 saturated heterocycles. The molecule has 4 aromatic rings. The average Bonchev–Trinajstić information content (AvgIpc) is 3.16. The predicted molar refractivity (Wildman–Crippen MR) is 107 cm³/mol. The van der Waals surface area contributed by atoms with Crippen molar-refractivity contribution in [3.8, 4) is 11.8 Å². The molecule has 0 unspecified atom stereocenters. The summed E-state index contributed by atoms with van der Waals surface area (Å²) in [5.74, 6) is 0.865. The van der Waals surface area contributed by atoms with Crippen molar-refractivity contribution in [3.05, 3.63) is 95.6 Å². The van der Waals surface area contributed by atoms with E-state index in [0.29, 0.717) is 23.8 Å². The van der Waals surface area contributed by atoms with Crippen LogP contribution >= 0.6 is 0 Å². The second-order valence-electron chi connectivity index (χ2n) is 6.23. The second kappa shape index (κ2) is 7.77. The van der Waals surface area contributed by atoms with Gasteiger partial charge in [-0.2, -0.15) is 5.26 Å². The number of aromatic amines is 1. The van der Waals surface area contributed by atoms with Crippen molar-refractivity contribution in [2.45, 2.75) is 6.61 Å². The van der Waals surface area contributed by atoms with E-state index in [1.165, 1.54) is 12.1 Å². The topological polar surface area (TPSA) is 61.7 Å². The van der Waals surface area contributed by atoms with Gasteiger partial charge in [-0.3, -0.25) is 0 Å². The Morgan fingerprint density at radius 3 is 2.57 bits per heavy atom. The first-order valence-electron chi connectivity index (χ1n) is 8.76. The maximum atomic E-state index is 13.0. The van der Waals surface area contributed by atoms with Gasteiger partial charge in [0, 0.05) is 5.56 Å². The molecule has 0 atom stereocenters. The van der Waals surface area contributed by atoms with Crippen molar-refractivity contribution in [1.82, 2.24) is 9.97 Å². The molecule has 1 aromatic heterocycles. The number of halogens is 1. The minimum absolute atomic E-state index is 0.281. The van der Waals surface area contributed by atoms with Crippen LogP contribution in [0.3, 0.4) is 0 Å². The number of hydrogen-bond acceptors (Lipinski definition) is 3. The van der Waals surface area contributed by atoms with Gasteiger partial charge < -0.3 is 9.72 Å². The minimum Gasteiger partial charge on any atom is -0.488 e. The van der Waals surface area contributed by atoms with Crippen molar-refractivity contribution >= 4 is 22.7 Å². The number of fused-ring (bicyclic) bond motifs is 1. The van der Waals surface area contributed by atoms with Gasteiger partial charge in [0.15, 0.2) is 0 Å². The highest BCUT2D eigenvalue weighted by Gasteiger charge is 2.09. The van der Waals surface area contributed by atoms with E-state index < -0.39 is 0 Å². The number of hydrogen-bond donors (Lipinski definition) is 1. The molecule has 28 heavy (non-hydrogen) atoms. The molecule has 0 aliphatic rings. The Balaban J connectivity index is 1.62. The molecule has 0 spiro atoms. The zero-order chi connectivity index (χ0) is 19.3. The Labute approximate surface area is 161 Å². The third kappa shape index (κ3) is 3.76. The molecule has 1 heterocycles. The molecule has 0 fully saturated rings. The Morgan fingerprint density at radius 1 is 1.04 bits per heavy atom. The lowest BCUT2D eigenvalue weighted by molar-refractivity contribution is 0.305. The third-order valence-corrected chi connectivity index (χ3v) is 4.29.